The van der Waals surface area contributed by atoms with E-state index in [9.17, 15) is 0 Å². The fraction of sp³-hybridized carbons (Fsp3) is 0.238. The molecule has 4 heteroatoms. The summed E-state index contributed by atoms with van der Waals surface area (Å²) in [5.41, 5.74) is 2.99. The molecule has 0 amide bonds. The minimum absolute atomic E-state index is 0.0113. The lowest BCUT2D eigenvalue weighted by Crippen LogP contribution is -2.32. The van der Waals surface area contributed by atoms with Gasteiger partial charge in [-0.1, -0.05) is 146 Å². The number of fused-ring (bicyclic) bond motifs is 2. The van der Waals surface area contributed by atoms with E-state index in [1.54, 1.807) is 0 Å². The first kappa shape index (κ1) is 31.1. The van der Waals surface area contributed by atoms with E-state index in [4.69, 9.17) is 9.47 Å². The first-order chi connectivity index (χ1) is 22.9. The minimum Gasteiger partial charge on any atom is -0.493 e. The summed E-state index contributed by atoms with van der Waals surface area (Å²) < 4.78 is 13.8. The molecule has 1 unspecified atom stereocenters. The van der Waals surface area contributed by atoms with E-state index in [1.165, 1.54) is 50.5 Å². The zero-order chi connectivity index (χ0) is 31.0. The summed E-state index contributed by atoms with van der Waals surface area (Å²) in [5.74, 6) is 1.05. The smallest absolute Gasteiger partial charge is 0.123 e. The van der Waals surface area contributed by atoms with Crippen molar-refractivity contribution in [1.82, 2.24) is 0 Å². The second-order valence-corrected chi connectivity index (χ2v) is 16.6. The van der Waals surface area contributed by atoms with Gasteiger partial charge in [0.25, 0.3) is 0 Å². The Morgan fingerprint density at radius 3 is 1.61 bits per heavy atom. The van der Waals surface area contributed by atoms with Crippen molar-refractivity contribution in [3.63, 3.8) is 0 Å². The molecule has 0 saturated heterocycles. The minimum atomic E-state index is -0.833. The van der Waals surface area contributed by atoms with Crippen LogP contribution in [0.15, 0.2) is 168 Å². The molecular formula is C42H42O2P2. The zero-order valence-corrected chi connectivity index (χ0v) is 28.2. The van der Waals surface area contributed by atoms with Crippen LogP contribution in [0, 0.1) is 0 Å². The Balaban J connectivity index is 1.50. The maximum absolute atomic E-state index is 6.95. The molecule has 1 heterocycles. The Labute approximate surface area is 277 Å². The summed E-state index contributed by atoms with van der Waals surface area (Å²) in [6.45, 7) is 1.54. The van der Waals surface area contributed by atoms with Crippen LogP contribution < -0.4 is 21.2 Å². The summed E-state index contributed by atoms with van der Waals surface area (Å²) in [7, 11) is -1.57. The monoisotopic (exact) mass is 640 g/mol. The molecule has 0 spiro atoms. The van der Waals surface area contributed by atoms with Gasteiger partial charge in [0.1, 0.15) is 5.76 Å². The Morgan fingerprint density at radius 1 is 0.500 bits per heavy atom. The molecule has 0 N–H and O–H groups in total. The van der Waals surface area contributed by atoms with Crippen molar-refractivity contribution >= 4 is 37.1 Å². The highest BCUT2D eigenvalue weighted by Gasteiger charge is 2.39. The summed E-state index contributed by atoms with van der Waals surface area (Å²) in [6, 6.07) is 44.6. The maximum atomic E-state index is 6.95. The molecule has 2 atom stereocenters. The Kier molecular flexibility index (Phi) is 10.4. The van der Waals surface area contributed by atoms with Crippen LogP contribution in [-0.4, -0.2) is 25.0 Å². The molecule has 4 aromatic rings. The highest BCUT2D eigenvalue weighted by atomic mass is 31.1. The number of rotatable bonds is 6. The molecule has 7 rings (SSSR count). The highest BCUT2D eigenvalue weighted by molar-refractivity contribution is 7.77. The number of hydrogen-bond acceptors (Lipinski definition) is 2. The molecule has 0 bridgehead atoms. The molecule has 0 aromatic heterocycles. The van der Waals surface area contributed by atoms with Crippen LogP contribution in [0.25, 0.3) is 0 Å². The third-order valence-corrected chi connectivity index (χ3v) is 14.3. The van der Waals surface area contributed by atoms with Crippen LogP contribution in [0.4, 0.5) is 0 Å². The number of allylic oxidation sites excluding steroid dienone is 4. The molecule has 2 aliphatic carbocycles. The van der Waals surface area contributed by atoms with Crippen LogP contribution in [0.3, 0.4) is 0 Å². The molecule has 2 nitrogen and oxygen atoms in total. The summed E-state index contributed by atoms with van der Waals surface area (Å²) in [6.07, 6.45) is 15.8. The van der Waals surface area contributed by atoms with Crippen molar-refractivity contribution in [2.24, 2.45) is 0 Å². The van der Waals surface area contributed by atoms with Crippen molar-refractivity contribution in [2.45, 2.75) is 50.3 Å². The predicted octanol–water partition coefficient (Wildman–Crippen LogP) is 9.02. The van der Waals surface area contributed by atoms with E-state index < -0.39 is 15.8 Å². The highest BCUT2D eigenvalue weighted by Crippen LogP contribution is 2.55. The van der Waals surface area contributed by atoms with Crippen molar-refractivity contribution in [2.75, 3.05) is 13.2 Å². The molecular weight excluding hydrogens is 598 g/mol. The van der Waals surface area contributed by atoms with E-state index in [0.717, 1.165) is 44.7 Å². The molecule has 3 aliphatic rings. The van der Waals surface area contributed by atoms with Gasteiger partial charge < -0.3 is 9.47 Å². The average Bonchev–Trinajstić information content (AvgIpc) is 3.11. The molecule has 1 aliphatic heterocycles. The Morgan fingerprint density at radius 2 is 1.02 bits per heavy atom. The quantitative estimate of drug-likeness (QED) is 0.196. The number of hydrogen-bond donors (Lipinski definition) is 0. The van der Waals surface area contributed by atoms with Gasteiger partial charge in [-0.2, -0.15) is 0 Å². The number of ether oxygens (including phenoxy) is 2. The first-order valence-corrected chi connectivity index (χ1v) is 19.5. The fourth-order valence-corrected chi connectivity index (χ4v) is 12.3. The third-order valence-electron chi connectivity index (χ3n) is 9.01. The van der Waals surface area contributed by atoms with E-state index in [1.807, 2.05) is 0 Å². The SMILES string of the molecule is C1=CC(P(c2ccccc2)c2ccccc2)=C2C3=C(C=CC[C@@H]3P(c3ccccc3)c3ccccc3)OCCCCCCOC2C1. The van der Waals surface area contributed by atoms with Gasteiger partial charge in [0.15, 0.2) is 0 Å². The summed E-state index contributed by atoms with van der Waals surface area (Å²) >= 11 is 0. The van der Waals surface area contributed by atoms with Gasteiger partial charge in [0, 0.05) is 17.8 Å². The zero-order valence-electron chi connectivity index (χ0n) is 26.4. The molecule has 0 radical (unpaired) electrons. The van der Waals surface area contributed by atoms with Crippen molar-refractivity contribution in [3.8, 4) is 0 Å². The summed E-state index contributed by atoms with van der Waals surface area (Å²) in [4.78, 5) is 0. The second kappa shape index (κ2) is 15.4. The van der Waals surface area contributed by atoms with Gasteiger partial charge in [0.05, 0.1) is 12.7 Å². The summed E-state index contributed by atoms with van der Waals surface area (Å²) in [5, 5.41) is 6.93. The van der Waals surface area contributed by atoms with Crippen LogP contribution in [0.5, 0.6) is 0 Å². The van der Waals surface area contributed by atoms with Gasteiger partial charge in [-0.25, -0.2) is 0 Å². The largest absolute Gasteiger partial charge is 0.493 e. The molecule has 46 heavy (non-hydrogen) atoms. The van der Waals surface area contributed by atoms with Gasteiger partial charge in [-0.15, -0.1) is 0 Å². The lowest BCUT2D eigenvalue weighted by molar-refractivity contribution is 0.0743. The van der Waals surface area contributed by atoms with Gasteiger partial charge in [0.2, 0.25) is 0 Å². The third kappa shape index (κ3) is 6.91. The lowest BCUT2D eigenvalue weighted by atomic mass is 9.88. The van der Waals surface area contributed by atoms with Gasteiger partial charge in [-0.3, -0.25) is 0 Å². The van der Waals surface area contributed by atoms with Crippen LogP contribution >= 0.6 is 15.8 Å². The molecule has 0 fully saturated rings. The van der Waals surface area contributed by atoms with E-state index in [-0.39, 0.29) is 11.8 Å². The van der Waals surface area contributed by atoms with Crippen LogP contribution in [0.1, 0.15) is 38.5 Å². The van der Waals surface area contributed by atoms with E-state index >= 15 is 0 Å². The van der Waals surface area contributed by atoms with Gasteiger partial charge >= 0.3 is 0 Å². The second-order valence-electron chi connectivity index (χ2n) is 12.0. The lowest BCUT2D eigenvalue weighted by Gasteiger charge is -2.39. The average molecular weight is 641 g/mol. The molecule has 4 aromatic carbocycles. The Bertz CT molecular complexity index is 1620. The van der Waals surface area contributed by atoms with Crippen LogP contribution in [-0.2, 0) is 9.47 Å². The molecule has 232 valence electrons. The first-order valence-electron chi connectivity index (χ1n) is 16.7. The van der Waals surface area contributed by atoms with E-state index in [2.05, 4.69) is 146 Å². The van der Waals surface area contributed by atoms with Crippen molar-refractivity contribution in [1.29, 1.82) is 0 Å². The van der Waals surface area contributed by atoms with Crippen LogP contribution in [0.2, 0.25) is 0 Å². The van der Waals surface area contributed by atoms with Gasteiger partial charge in [-0.05, 0) is 86.1 Å². The van der Waals surface area contributed by atoms with E-state index in [0.29, 0.717) is 0 Å². The normalized spacial score (nSPS) is 20.5. The van der Waals surface area contributed by atoms with Crippen molar-refractivity contribution in [3.05, 3.63) is 168 Å². The van der Waals surface area contributed by atoms with Crippen molar-refractivity contribution < 1.29 is 9.47 Å². The Hall–Kier alpha value is -3.54. The topological polar surface area (TPSA) is 18.5 Å². The standard InChI is InChI=1S/C42H42O2P2/c1-2-16-32-44-38-28-18-30-40(46(35-23-11-5-12-24-35)36-25-13-6-14-26-36)42(38)41-37(43-31-15-1)27-17-29-39(41)45(33-19-7-3-8-20-33)34-21-9-4-10-22-34/h3-14,17-27,30,38-39H,1-2,15-16,28-29,31-32H2/t38?,39-/m0/s1. The fourth-order valence-electron chi connectivity index (χ4n) is 6.91. The maximum Gasteiger partial charge on any atom is 0.123 e. The number of benzene rings is 4. The molecule has 0 saturated carbocycles. The predicted molar refractivity (Wildman–Crippen MR) is 198 cm³/mol.